The highest BCUT2D eigenvalue weighted by atomic mass is 19.4. The monoisotopic (exact) mass is 501 g/mol. The third-order valence-corrected chi connectivity index (χ3v) is 5.28. The summed E-state index contributed by atoms with van der Waals surface area (Å²) in [5.74, 6) is -0.583. The number of alkyl halides is 7. The number of nitrogens with zero attached hydrogens (tertiary/aromatic N) is 1. The average Bonchev–Trinajstić information content (AvgIpc) is 3.15. The van der Waals surface area contributed by atoms with E-state index in [2.05, 4.69) is 4.74 Å². The molecule has 0 spiro atoms. The van der Waals surface area contributed by atoms with Crippen LogP contribution < -0.4 is 9.64 Å². The summed E-state index contributed by atoms with van der Waals surface area (Å²) >= 11 is 0. The minimum absolute atomic E-state index is 0.194. The normalized spacial score (nSPS) is 13.5. The molecule has 0 aliphatic heterocycles. The van der Waals surface area contributed by atoms with Crippen molar-refractivity contribution in [2.24, 2.45) is 0 Å². The van der Waals surface area contributed by atoms with Gasteiger partial charge in [0.1, 0.15) is 16.9 Å². The van der Waals surface area contributed by atoms with Gasteiger partial charge in [-0.05, 0) is 42.0 Å². The van der Waals surface area contributed by atoms with Crippen LogP contribution in [0.15, 0.2) is 71.1 Å². The van der Waals surface area contributed by atoms with Gasteiger partial charge >= 0.3 is 18.7 Å². The Bertz CT molecular complexity index is 1320. The first-order valence-electron chi connectivity index (χ1n) is 10.3. The molecule has 1 atom stereocenters. The number of aliphatic hydroxyl groups excluding tert-OH is 1. The van der Waals surface area contributed by atoms with E-state index in [0.29, 0.717) is 16.6 Å². The zero-order chi connectivity index (χ0) is 25.4. The second-order valence-electron chi connectivity index (χ2n) is 7.83. The van der Waals surface area contributed by atoms with E-state index in [1.54, 1.807) is 36.4 Å². The Morgan fingerprint density at radius 3 is 2.29 bits per heavy atom. The number of benzene rings is 3. The third kappa shape index (κ3) is 5.45. The molecule has 0 saturated carbocycles. The van der Waals surface area contributed by atoms with Crippen molar-refractivity contribution < 1.29 is 45.0 Å². The van der Waals surface area contributed by atoms with Crippen molar-refractivity contribution in [3.63, 3.8) is 0 Å². The number of ether oxygens (including phenoxy) is 1. The van der Waals surface area contributed by atoms with E-state index in [1.807, 2.05) is 0 Å². The Hall–Kier alpha value is -3.47. The van der Waals surface area contributed by atoms with E-state index in [1.165, 1.54) is 23.1 Å². The van der Waals surface area contributed by atoms with Crippen molar-refractivity contribution in [3.8, 4) is 5.75 Å². The standard InChI is InChI=1S/C24H18F7NO3/c25-22(26)24(30,31)35-16-5-3-4-14(10-16)12-32(13-21(33)23(27,28)29)15-8-9-20-18(11-15)17-6-1-2-7-19(17)34-20/h1-11,21-22,33H,12-13H2. The molecule has 186 valence electrons. The molecule has 1 heterocycles. The van der Waals surface area contributed by atoms with Gasteiger partial charge in [0.05, 0.1) is 6.54 Å². The van der Waals surface area contributed by atoms with Crippen LogP contribution >= 0.6 is 0 Å². The fourth-order valence-corrected chi connectivity index (χ4v) is 3.61. The molecule has 3 aromatic carbocycles. The molecule has 1 aromatic heterocycles. The molecule has 4 nitrogen and oxygen atoms in total. The van der Waals surface area contributed by atoms with Crippen molar-refractivity contribution in [2.75, 3.05) is 11.4 Å². The van der Waals surface area contributed by atoms with Crippen LogP contribution in [0.3, 0.4) is 0 Å². The second kappa shape index (κ2) is 9.29. The molecule has 0 saturated heterocycles. The Labute approximate surface area is 194 Å². The van der Waals surface area contributed by atoms with Gasteiger partial charge in [0.25, 0.3) is 0 Å². The van der Waals surface area contributed by atoms with Crippen LogP contribution in [0.25, 0.3) is 21.9 Å². The number of aliphatic hydroxyl groups is 1. The van der Waals surface area contributed by atoms with Crippen LogP contribution in [0.2, 0.25) is 0 Å². The van der Waals surface area contributed by atoms with Gasteiger partial charge < -0.3 is 19.2 Å². The van der Waals surface area contributed by atoms with E-state index >= 15 is 0 Å². The maximum atomic E-state index is 13.3. The van der Waals surface area contributed by atoms with Crippen molar-refractivity contribution >= 4 is 27.6 Å². The van der Waals surface area contributed by atoms with Crippen molar-refractivity contribution in [1.82, 2.24) is 0 Å². The van der Waals surface area contributed by atoms with Crippen LogP contribution in [0, 0.1) is 0 Å². The van der Waals surface area contributed by atoms with Crippen LogP contribution in [0.4, 0.5) is 36.4 Å². The lowest BCUT2D eigenvalue weighted by atomic mass is 10.1. The molecule has 35 heavy (non-hydrogen) atoms. The van der Waals surface area contributed by atoms with Crippen molar-refractivity contribution in [2.45, 2.75) is 31.4 Å². The number of fused-ring (bicyclic) bond motifs is 3. The third-order valence-electron chi connectivity index (χ3n) is 5.28. The van der Waals surface area contributed by atoms with Gasteiger partial charge in [-0.15, -0.1) is 0 Å². The first kappa shape index (κ1) is 24.6. The number of halogens is 7. The number of furan rings is 1. The highest BCUT2D eigenvalue weighted by molar-refractivity contribution is 6.05. The predicted molar refractivity (Wildman–Crippen MR) is 115 cm³/mol. The Morgan fingerprint density at radius 1 is 0.857 bits per heavy atom. The molecule has 0 aliphatic rings. The molecule has 1 N–H and O–H groups in total. The topological polar surface area (TPSA) is 45.8 Å². The molecule has 0 bridgehead atoms. The van der Waals surface area contributed by atoms with E-state index in [4.69, 9.17) is 4.42 Å². The maximum absolute atomic E-state index is 13.3. The van der Waals surface area contributed by atoms with Crippen molar-refractivity contribution in [1.29, 1.82) is 0 Å². The van der Waals surface area contributed by atoms with Gasteiger partial charge in [-0.3, -0.25) is 0 Å². The molecular weight excluding hydrogens is 483 g/mol. The van der Waals surface area contributed by atoms with Crippen LogP contribution in [0.1, 0.15) is 5.56 Å². The predicted octanol–water partition coefficient (Wildman–Crippen LogP) is 6.75. The summed E-state index contributed by atoms with van der Waals surface area (Å²) < 4.78 is 101. The van der Waals surface area contributed by atoms with Crippen LogP contribution in [0.5, 0.6) is 5.75 Å². The summed E-state index contributed by atoms with van der Waals surface area (Å²) in [7, 11) is 0. The molecule has 0 aliphatic carbocycles. The Kier molecular flexibility index (Phi) is 6.54. The fraction of sp³-hybridized carbons (Fsp3) is 0.250. The summed E-state index contributed by atoms with van der Waals surface area (Å²) in [4.78, 5) is 1.20. The van der Waals surface area contributed by atoms with Crippen molar-refractivity contribution in [3.05, 3.63) is 72.3 Å². The fourth-order valence-electron chi connectivity index (χ4n) is 3.61. The summed E-state index contributed by atoms with van der Waals surface area (Å²) in [5.41, 5.74) is 1.55. The molecule has 0 amide bonds. The molecule has 0 fully saturated rings. The summed E-state index contributed by atoms with van der Waals surface area (Å²) in [5, 5.41) is 11.1. The van der Waals surface area contributed by atoms with E-state index in [0.717, 1.165) is 17.5 Å². The SMILES string of the molecule is OC(CN(Cc1cccc(OC(F)(F)C(F)F)c1)c1ccc2oc3ccccc3c2c1)C(F)(F)F. The summed E-state index contributed by atoms with van der Waals surface area (Å²) in [6.45, 7) is -1.14. The molecule has 4 rings (SSSR count). The van der Waals surface area contributed by atoms with Crippen LogP contribution in [-0.4, -0.2) is 36.5 Å². The van der Waals surface area contributed by atoms with E-state index in [9.17, 15) is 35.8 Å². The first-order valence-corrected chi connectivity index (χ1v) is 10.3. The zero-order valence-electron chi connectivity index (χ0n) is 17.8. The lowest BCUT2D eigenvalue weighted by Crippen LogP contribution is -2.40. The largest absolute Gasteiger partial charge is 0.461 e. The summed E-state index contributed by atoms with van der Waals surface area (Å²) in [6.07, 6.45) is -16.4. The highest BCUT2D eigenvalue weighted by Gasteiger charge is 2.44. The van der Waals surface area contributed by atoms with Gasteiger partial charge in [-0.1, -0.05) is 30.3 Å². The zero-order valence-corrected chi connectivity index (χ0v) is 17.8. The van der Waals surface area contributed by atoms with Gasteiger partial charge in [0, 0.05) is 23.0 Å². The van der Waals surface area contributed by atoms with Gasteiger partial charge in [-0.2, -0.15) is 30.7 Å². The summed E-state index contributed by atoms with van der Waals surface area (Å²) in [6, 6.07) is 16.4. The molecular formula is C24H18F7NO3. The van der Waals surface area contributed by atoms with E-state index < -0.39 is 37.1 Å². The Balaban J connectivity index is 1.69. The number of anilines is 1. The minimum atomic E-state index is -4.91. The minimum Gasteiger partial charge on any atom is -0.456 e. The lowest BCUT2D eigenvalue weighted by molar-refractivity contribution is -0.253. The number of hydrogen-bond acceptors (Lipinski definition) is 4. The number of para-hydroxylation sites is 1. The molecule has 1 unspecified atom stereocenters. The number of hydrogen-bond donors (Lipinski definition) is 1. The first-order chi connectivity index (χ1) is 16.4. The average molecular weight is 501 g/mol. The smallest absolute Gasteiger partial charge is 0.456 e. The van der Waals surface area contributed by atoms with E-state index in [-0.39, 0.29) is 17.8 Å². The Morgan fingerprint density at radius 2 is 1.57 bits per heavy atom. The molecule has 0 radical (unpaired) electrons. The highest BCUT2D eigenvalue weighted by Crippen LogP contribution is 2.34. The maximum Gasteiger partial charge on any atom is 0.461 e. The molecule has 11 heteroatoms. The van der Waals surface area contributed by atoms with Gasteiger partial charge in [0.15, 0.2) is 6.10 Å². The molecule has 4 aromatic rings. The second-order valence-corrected chi connectivity index (χ2v) is 7.83. The number of rotatable bonds is 8. The van der Waals surface area contributed by atoms with Crippen LogP contribution in [-0.2, 0) is 6.54 Å². The van der Waals surface area contributed by atoms with Gasteiger partial charge in [-0.25, -0.2) is 0 Å². The van der Waals surface area contributed by atoms with Gasteiger partial charge in [0.2, 0.25) is 0 Å². The quantitative estimate of drug-likeness (QED) is 0.271. The lowest BCUT2D eigenvalue weighted by Gasteiger charge is -2.28.